The average molecular weight is 489 g/mol. The molecule has 1 aliphatic rings. The minimum atomic E-state index is -3.57. The van der Waals surface area contributed by atoms with Crippen LogP contribution in [0.15, 0.2) is 52.5 Å². The van der Waals surface area contributed by atoms with Gasteiger partial charge >= 0.3 is 0 Å². The third kappa shape index (κ3) is 5.41. The highest BCUT2D eigenvalue weighted by atomic mass is 32.2. The predicted octanol–water partition coefficient (Wildman–Crippen LogP) is 2.03. The highest BCUT2D eigenvalue weighted by molar-refractivity contribution is 7.99. The summed E-state index contributed by atoms with van der Waals surface area (Å²) in [6.07, 6.45) is 0. The molecule has 1 amide bonds. The normalized spacial score (nSPS) is 14.8. The van der Waals surface area contributed by atoms with Gasteiger partial charge in [0.2, 0.25) is 21.1 Å². The van der Waals surface area contributed by atoms with Gasteiger partial charge in [-0.25, -0.2) is 8.42 Å². The van der Waals surface area contributed by atoms with E-state index in [0.29, 0.717) is 37.1 Å². The number of ether oxygens (including phenoxy) is 1. The molecule has 12 heteroatoms. The Labute approximate surface area is 196 Å². The van der Waals surface area contributed by atoms with Gasteiger partial charge in [0.25, 0.3) is 0 Å². The molecule has 0 aliphatic carbocycles. The molecule has 0 spiro atoms. The lowest BCUT2D eigenvalue weighted by atomic mass is 10.1. The highest BCUT2D eigenvalue weighted by Crippen LogP contribution is 2.23. The predicted molar refractivity (Wildman–Crippen MR) is 124 cm³/mol. The van der Waals surface area contributed by atoms with E-state index < -0.39 is 10.0 Å². The SMILES string of the molecule is Cc1ccc(-n2nnnc2SCC(=O)Nc2ccc(S(=O)(=O)N3CCOCC3)cc2)c(C)c1. The van der Waals surface area contributed by atoms with Gasteiger partial charge in [0.15, 0.2) is 0 Å². The van der Waals surface area contributed by atoms with Crippen molar-refractivity contribution in [3.63, 3.8) is 0 Å². The number of anilines is 1. The quantitative estimate of drug-likeness (QED) is 0.502. The summed E-state index contributed by atoms with van der Waals surface area (Å²) < 4.78 is 33.6. The smallest absolute Gasteiger partial charge is 0.243 e. The van der Waals surface area contributed by atoms with E-state index in [0.717, 1.165) is 16.8 Å². The molecular weight excluding hydrogens is 464 g/mol. The van der Waals surface area contributed by atoms with E-state index >= 15 is 0 Å². The number of nitrogens with one attached hydrogen (secondary N) is 1. The van der Waals surface area contributed by atoms with Crippen molar-refractivity contribution in [3.05, 3.63) is 53.6 Å². The van der Waals surface area contributed by atoms with Gasteiger partial charge in [-0.2, -0.15) is 8.99 Å². The number of sulfonamides is 1. The maximum absolute atomic E-state index is 12.7. The van der Waals surface area contributed by atoms with Crippen LogP contribution >= 0.6 is 11.8 Å². The standard InChI is InChI=1S/C21H24N6O4S2/c1-15-3-8-19(16(2)13-15)27-21(23-24-25-27)32-14-20(28)22-17-4-6-18(7-5-17)33(29,30)26-9-11-31-12-10-26/h3-8,13H,9-12,14H2,1-2H3,(H,22,28). The second-order valence-electron chi connectivity index (χ2n) is 7.54. The van der Waals surface area contributed by atoms with Crippen LogP contribution in [0.1, 0.15) is 11.1 Å². The summed E-state index contributed by atoms with van der Waals surface area (Å²) in [6.45, 7) is 5.43. The topological polar surface area (TPSA) is 119 Å². The zero-order valence-electron chi connectivity index (χ0n) is 18.3. The number of hydrogen-bond acceptors (Lipinski definition) is 8. The Balaban J connectivity index is 1.37. The van der Waals surface area contributed by atoms with Gasteiger partial charge in [-0.1, -0.05) is 29.5 Å². The van der Waals surface area contributed by atoms with E-state index in [-0.39, 0.29) is 16.6 Å². The van der Waals surface area contributed by atoms with Gasteiger partial charge in [0, 0.05) is 18.8 Å². The van der Waals surface area contributed by atoms with E-state index in [1.54, 1.807) is 16.8 Å². The Morgan fingerprint density at radius 2 is 1.85 bits per heavy atom. The fourth-order valence-electron chi connectivity index (χ4n) is 3.44. The Bertz CT molecular complexity index is 1240. The number of aromatic nitrogens is 4. The second kappa shape index (κ2) is 10.00. The number of rotatable bonds is 7. The molecule has 1 aromatic heterocycles. The summed E-state index contributed by atoms with van der Waals surface area (Å²) in [6, 6.07) is 12.1. The van der Waals surface area contributed by atoms with E-state index in [4.69, 9.17) is 4.74 Å². The first-order valence-electron chi connectivity index (χ1n) is 10.3. The van der Waals surface area contributed by atoms with Crippen LogP contribution in [-0.4, -0.2) is 70.9 Å². The van der Waals surface area contributed by atoms with Crippen molar-refractivity contribution in [2.75, 3.05) is 37.4 Å². The number of aryl methyl sites for hydroxylation is 2. The Morgan fingerprint density at radius 1 is 1.12 bits per heavy atom. The third-order valence-electron chi connectivity index (χ3n) is 5.10. The summed E-state index contributed by atoms with van der Waals surface area (Å²) in [5, 5.41) is 15.1. The minimum Gasteiger partial charge on any atom is -0.379 e. The minimum absolute atomic E-state index is 0.0963. The molecule has 0 radical (unpaired) electrons. The molecule has 2 aromatic carbocycles. The van der Waals surface area contributed by atoms with E-state index in [9.17, 15) is 13.2 Å². The lowest BCUT2D eigenvalue weighted by molar-refractivity contribution is -0.113. The lowest BCUT2D eigenvalue weighted by Gasteiger charge is -2.26. The lowest BCUT2D eigenvalue weighted by Crippen LogP contribution is -2.40. The second-order valence-corrected chi connectivity index (χ2v) is 10.4. The fourth-order valence-corrected chi connectivity index (χ4v) is 5.53. The van der Waals surface area contributed by atoms with Gasteiger partial charge in [-0.15, -0.1) is 5.10 Å². The molecule has 0 unspecified atom stereocenters. The van der Waals surface area contributed by atoms with Crippen molar-refractivity contribution in [1.29, 1.82) is 0 Å². The van der Waals surface area contributed by atoms with Crippen molar-refractivity contribution in [3.8, 4) is 5.69 Å². The first-order chi connectivity index (χ1) is 15.8. The number of tetrazole rings is 1. The molecule has 0 saturated carbocycles. The Hall–Kier alpha value is -2.80. The summed E-state index contributed by atoms with van der Waals surface area (Å²) in [5.74, 6) is -0.155. The van der Waals surface area contributed by atoms with Gasteiger partial charge in [0.05, 0.1) is 29.5 Å². The van der Waals surface area contributed by atoms with E-state index in [1.165, 1.54) is 28.2 Å². The van der Waals surface area contributed by atoms with E-state index in [1.807, 2.05) is 32.0 Å². The van der Waals surface area contributed by atoms with Crippen molar-refractivity contribution < 1.29 is 17.9 Å². The number of benzene rings is 2. The van der Waals surface area contributed by atoms with Crippen molar-refractivity contribution in [1.82, 2.24) is 24.5 Å². The first kappa shape index (κ1) is 23.4. The molecule has 1 aliphatic heterocycles. The molecule has 1 N–H and O–H groups in total. The zero-order valence-corrected chi connectivity index (χ0v) is 19.9. The summed E-state index contributed by atoms with van der Waals surface area (Å²) in [5.41, 5.74) is 3.53. The fraction of sp³-hybridized carbons (Fsp3) is 0.333. The van der Waals surface area contributed by atoms with Crippen LogP contribution in [0.3, 0.4) is 0 Å². The Morgan fingerprint density at radius 3 is 2.55 bits per heavy atom. The van der Waals surface area contributed by atoms with Crippen molar-refractivity contribution >= 4 is 33.4 Å². The molecule has 174 valence electrons. The monoisotopic (exact) mass is 488 g/mol. The van der Waals surface area contributed by atoms with Crippen LogP contribution in [-0.2, 0) is 19.6 Å². The van der Waals surface area contributed by atoms with Crippen LogP contribution in [0.2, 0.25) is 0 Å². The van der Waals surface area contributed by atoms with Crippen LogP contribution in [0.5, 0.6) is 0 Å². The van der Waals surface area contributed by atoms with Crippen molar-refractivity contribution in [2.24, 2.45) is 0 Å². The molecule has 2 heterocycles. The molecule has 1 saturated heterocycles. The number of hydrogen-bond donors (Lipinski definition) is 1. The molecule has 3 aromatic rings. The van der Waals surface area contributed by atoms with Crippen LogP contribution < -0.4 is 5.32 Å². The van der Waals surface area contributed by atoms with Crippen LogP contribution in [0, 0.1) is 13.8 Å². The molecule has 4 rings (SSSR count). The van der Waals surface area contributed by atoms with Crippen molar-refractivity contribution in [2.45, 2.75) is 23.9 Å². The average Bonchev–Trinajstić information content (AvgIpc) is 3.27. The molecule has 0 bridgehead atoms. The van der Waals surface area contributed by atoms with Crippen LogP contribution in [0.4, 0.5) is 5.69 Å². The number of amides is 1. The number of morpholine rings is 1. The number of thioether (sulfide) groups is 1. The van der Waals surface area contributed by atoms with E-state index in [2.05, 4.69) is 20.8 Å². The van der Waals surface area contributed by atoms with Gasteiger partial charge < -0.3 is 10.1 Å². The van der Waals surface area contributed by atoms with Gasteiger partial charge in [0.1, 0.15) is 0 Å². The maximum atomic E-state index is 12.7. The Kier molecular flexibility index (Phi) is 7.08. The molecular formula is C21H24N6O4S2. The zero-order chi connectivity index (χ0) is 23.4. The summed E-state index contributed by atoms with van der Waals surface area (Å²) in [7, 11) is -3.57. The number of nitrogens with zero attached hydrogens (tertiary/aromatic N) is 5. The largest absolute Gasteiger partial charge is 0.379 e. The van der Waals surface area contributed by atoms with Gasteiger partial charge in [-0.05, 0) is 60.2 Å². The molecule has 0 atom stereocenters. The summed E-state index contributed by atoms with van der Waals surface area (Å²) in [4.78, 5) is 12.6. The maximum Gasteiger partial charge on any atom is 0.243 e. The number of carbonyl (C=O) groups excluding carboxylic acids is 1. The van der Waals surface area contributed by atoms with Gasteiger partial charge in [-0.3, -0.25) is 4.79 Å². The third-order valence-corrected chi connectivity index (χ3v) is 7.93. The molecule has 10 nitrogen and oxygen atoms in total. The highest BCUT2D eigenvalue weighted by Gasteiger charge is 2.26. The number of carbonyl (C=O) groups is 1. The molecule has 1 fully saturated rings. The van der Waals surface area contributed by atoms with Crippen LogP contribution in [0.25, 0.3) is 5.69 Å². The summed E-state index contributed by atoms with van der Waals surface area (Å²) >= 11 is 1.22. The first-order valence-corrected chi connectivity index (χ1v) is 12.7. The molecule has 33 heavy (non-hydrogen) atoms.